The van der Waals surface area contributed by atoms with Crippen molar-refractivity contribution in [1.29, 1.82) is 0 Å². The standard InChI is InChI=1S/C11H21NO/c1-9(2)10(13)5-6-11(3,4)7-8-12/h1,5-8,12H2,2-4H3. The maximum Gasteiger partial charge on any atom is 0.158 e. The molecule has 0 atom stereocenters. The van der Waals surface area contributed by atoms with Crippen molar-refractivity contribution < 1.29 is 4.79 Å². The molecule has 0 spiro atoms. The molecule has 0 saturated heterocycles. The smallest absolute Gasteiger partial charge is 0.158 e. The molecule has 0 rings (SSSR count). The van der Waals surface area contributed by atoms with Gasteiger partial charge < -0.3 is 5.73 Å². The van der Waals surface area contributed by atoms with Crippen molar-refractivity contribution in [2.45, 2.75) is 40.0 Å². The van der Waals surface area contributed by atoms with Crippen LogP contribution in [0.2, 0.25) is 0 Å². The fourth-order valence-electron chi connectivity index (χ4n) is 1.18. The summed E-state index contributed by atoms with van der Waals surface area (Å²) in [5.74, 6) is 0.171. The van der Waals surface area contributed by atoms with Crippen LogP contribution in [0.3, 0.4) is 0 Å². The highest BCUT2D eigenvalue weighted by Gasteiger charge is 2.18. The van der Waals surface area contributed by atoms with E-state index in [1.54, 1.807) is 6.92 Å². The van der Waals surface area contributed by atoms with Gasteiger partial charge in [0.05, 0.1) is 0 Å². The van der Waals surface area contributed by atoms with Crippen molar-refractivity contribution in [3.05, 3.63) is 12.2 Å². The third-order valence-corrected chi connectivity index (χ3v) is 2.33. The lowest BCUT2D eigenvalue weighted by molar-refractivity contribution is -0.116. The van der Waals surface area contributed by atoms with Crippen molar-refractivity contribution in [2.24, 2.45) is 11.1 Å². The highest BCUT2D eigenvalue weighted by molar-refractivity contribution is 5.94. The first kappa shape index (κ1) is 12.4. The number of allylic oxidation sites excluding steroid dienone is 1. The number of hydrogen-bond donors (Lipinski definition) is 1. The molecule has 0 heterocycles. The van der Waals surface area contributed by atoms with E-state index in [2.05, 4.69) is 20.4 Å². The summed E-state index contributed by atoms with van der Waals surface area (Å²) in [6.07, 6.45) is 2.47. The molecule has 0 bridgehead atoms. The first-order chi connectivity index (χ1) is 5.89. The fourth-order valence-corrected chi connectivity index (χ4v) is 1.18. The minimum atomic E-state index is 0.171. The number of hydrogen-bond acceptors (Lipinski definition) is 2. The molecule has 0 aliphatic rings. The van der Waals surface area contributed by atoms with Gasteiger partial charge in [0.25, 0.3) is 0 Å². The molecular weight excluding hydrogens is 162 g/mol. The molecule has 0 fully saturated rings. The third kappa shape index (κ3) is 5.58. The quantitative estimate of drug-likeness (QED) is 0.642. The number of ketones is 1. The van der Waals surface area contributed by atoms with E-state index in [4.69, 9.17) is 5.73 Å². The lowest BCUT2D eigenvalue weighted by atomic mass is 9.83. The number of rotatable bonds is 6. The van der Waals surface area contributed by atoms with E-state index < -0.39 is 0 Å². The minimum Gasteiger partial charge on any atom is -0.330 e. The van der Waals surface area contributed by atoms with Crippen molar-refractivity contribution in [2.75, 3.05) is 6.54 Å². The zero-order valence-corrected chi connectivity index (χ0v) is 9.02. The summed E-state index contributed by atoms with van der Waals surface area (Å²) in [6.45, 7) is 10.4. The summed E-state index contributed by atoms with van der Waals surface area (Å²) in [4.78, 5) is 11.3. The number of nitrogens with two attached hydrogens (primary N) is 1. The average Bonchev–Trinajstić information content (AvgIpc) is 2.00. The Morgan fingerprint density at radius 1 is 1.38 bits per heavy atom. The van der Waals surface area contributed by atoms with Gasteiger partial charge in [-0.25, -0.2) is 0 Å². The Hall–Kier alpha value is -0.630. The molecule has 0 aromatic rings. The van der Waals surface area contributed by atoms with Gasteiger partial charge in [0.2, 0.25) is 0 Å². The molecule has 0 amide bonds. The van der Waals surface area contributed by atoms with Gasteiger partial charge in [0, 0.05) is 6.42 Å². The Kier molecular flexibility index (Phi) is 4.92. The van der Waals surface area contributed by atoms with Crippen molar-refractivity contribution in [3.63, 3.8) is 0 Å². The lowest BCUT2D eigenvalue weighted by Crippen LogP contribution is -2.18. The van der Waals surface area contributed by atoms with Gasteiger partial charge in [-0.1, -0.05) is 20.4 Å². The van der Waals surface area contributed by atoms with Crippen LogP contribution >= 0.6 is 0 Å². The van der Waals surface area contributed by atoms with Gasteiger partial charge in [-0.3, -0.25) is 4.79 Å². The maximum atomic E-state index is 11.3. The van der Waals surface area contributed by atoms with Gasteiger partial charge >= 0.3 is 0 Å². The van der Waals surface area contributed by atoms with Crippen LogP contribution in [-0.2, 0) is 4.79 Å². The Morgan fingerprint density at radius 2 is 1.92 bits per heavy atom. The van der Waals surface area contributed by atoms with Crippen molar-refractivity contribution in [3.8, 4) is 0 Å². The second kappa shape index (κ2) is 5.18. The first-order valence-electron chi connectivity index (χ1n) is 4.78. The molecule has 0 unspecified atom stereocenters. The largest absolute Gasteiger partial charge is 0.330 e. The minimum absolute atomic E-state index is 0.171. The molecular formula is C11H21NO. The van der Waals surface area contributed by atoms with Crippen LogP contribution in [0.5, 0.6) is 0 Å². The molecule has 0 aliphatic heterocycles. The zero-order valence-electron chi connectivity index (χ0n) is 9.02. The van der Waals surface area contributed by atoms with Crippen LogP contribution in [0, 0.1) is 5.41 Å². The van der Waals surface area contributed by atoms with E-state index in [1.165, 1.54) is 0 Å². The third-order valence-electron chi connectivity index (χ3n) is 2.33. The number of carbonyl (C=O) groups is 1. The Bertz CT molecular complexity index is 194. The van der Waals surface area contributed by atoms with Crippen LogP contribution < -0.4 is 5.73 Å². The van der Waals surface area contributed by atoms with E-state index in [1.807, 2.05) is 0 Å². The molecule has 2 N–H and O–H groups in total. The van der Waals surface area contributed by atoms with Crippen LogP contribution in [0.1, 0.15) is 40.0 Å². The average molecular weight is 183 g/mol. The predicted molar refractivity (Wildman–Crippen MR) is 56.5 cm³/mol. The molecule has 13 heavy (non-hydrogen) atoms. The Balaban J connectivity index is 3.87. The topological polar surface area (TPSA) is 43.1 Å². The van der Waals surface area contributed by atoms with Gasteiger partial charge in [0.15, 0.2) is 5.78 Å². The zero-order chi connectivity index (χ0) is 10.5. The monoisotopic (exact) mass is 183 g/mol. The van der Waals surface area contributed by atoms with E-state index in [0.717, 1.165) is 12.8 Å². The molecule has 76 valence electrons. The SMILES string of the molecule is C=C(C)C(=O)CCC(C)(C)CCN. The van der Waals surface area contributed by atoms with Crippen LogP contribution in [0.4, 0.5) is 0 Å². The molecule has 0 aliphatic carbocycles. The second-order valence-corrected chi connectivity index (χ2v) is 4.41. The highest BCUT2D eigenvalue weighted by Crippen LogP contribution is 2.26. The van der Waals surface area contributed by atoms with E-state index in [9.17, 15) is 4.79 Å². The number of Topliss-reactive ketones (excluding diaryl/α,β-unsaturated/α-hetero) is 1. The Labute approximate surface area is 81.2 Å². The molecule has 0 aromatic carbocycles. The molecule has 2 nitrogen and oxygen atoms in total. The summed E-state index contributed by atoms with van der Waals surface area (Å²) >= 11 is 0. The van der Waals surface area contributed by atoms with Gasteiger partial charge in [-0.15, -0.1) is 0 Å². The molecule has 0 aromatic heterocycles. The summed E-state index contributed by atoms with van der Waals surface area (Å²) in [5, 5.41) is 0. The lowest BCUT2D eigenvalue weighted by Gasteiger charge is -2.23. The summed E-state index contributed by atoms with van der Waals surface area (Å²) in [7, 11) is 0. The van der Waals surface area contributed by atoms with Crippen molar-refractivity contribution >= 4 is 5.78 Å². The van der Waals surface area contributed by atoms with Crippen molar-refractivity contribution in [1.82, 2.24) is 0 Å². The van der Waals surface area contributed by atoms with Crippen LogP contribution in [0.25, 0.3) is 0 Å². The normalized spacial score (nSPS) is 11.4. The van der Waals surface area contributed by atoms with Gasteiger partial charge in [0.1, 0.15) is 0 Å². The molecule has 2 heteroatoms. The first-order valence-corrected chi connectivity index (χ1v) is 4.78. The fraction of sp³-hybridized carbons (Fsp3) is 0.727. The van der Waals surface area contributed by atoms with E-state index in [0.29, 0.717) is 18.5 Å². The molecule has 0 saturated carbocycles. The highest BCUT2D eigenvalue weighted by atomic mass is 16.1. The van der Waals surface area contributed by atoms with Gasteiger partial charge in [-0.05, 0) is 37.3 Å². The maximum absolute atomic E-state index is 11.3. The molecule has 0 radical (unpaired) electrons. The number of carbonyl (C=O) groups excluding carboxylic acids is 1. The Morgan fingerprint density at radius 3 is 2.31 bits per heavy atom. The van der Waals surface area contributed by atoms with Crippen LogP contribution in [-0.4, -0.2) is 12.3 Å². The van der Waals surface area contributed by atoms with Crippen LogP contribution in [0.15, 0.2) is 12.2 Å². The van der Waals surface area contributed by atoms with E-state index in [-0.39, 0.29) is 11.2 Å². The summed E-state index contributed by atoms with van der Waals surface area (Å²) < 4.78 is 0. The summed E-state index contributed by atoms with van der Waals surface area (Å²) in [6, 6.07) is 0. The second-order valence-electron chi connectivity index (χ2n) is 4.41. The van der Waals surface area contributed by atoms with E-state index >= 15 is 0 Å². The predicted octanol–water partition coefficient (Wildman–Crippen LogP) is 2.29. The summed E-state index contributed by atoms with van der Waals surface area (Å²) in [5.41, 5.74) is 6.31. The van der Waals surface area contributed by atoms with Gasteiger partial charge in [-0.2, -0.15) is 0 Å².